The second-order valence-corrected chi connectivity index (χ2v) is 6.05. The maximum absolute atomic E-state index is 12.3. The molecule has 9 nitrogen and oxygen atoms in total. The van der Waals surface area contributed by atoms with Crippen LogP contribution in [0.15, 0.2) is 48.5 Å². The molecule has 9 heteroatoms. The number of nitro groups is 1. The van der Waals surface area contributed by atoms with Crippen molar-refractivity contribution in [2.75, 3.05) is 19.0 Å². The van der Waals surface area contributed by atoms with E-state index in [4.69, 9.17) is 14.2 Å². The van der Waals surface area contributed by atoms with E-state index in [2.05, 4.69) is 5.32 Å². The number of nitrogens with zero attached hydrogens (tertiary/aromatic N) is 1. The minimum atomic E-state index is -1.13. The number of hydrogen-bond donors (Lipinski definition) is 1. The van der Waals surface area contributed by atoms with Crippen molar-refractivity contribution in [2.45, 2.75) is 20.0 Å². The van der Waals surface area contributed by atoms with Gasteiger partial charge in [0.1, 0.15) is 11.5 Å². The number of methoxy groups -OCH3 is 1. The summed E-state index contributed by atoms with van der Waals surface area (Å²) in [4.78, 5) is 34.6. The van der Waals surface area contributed by atoms with Crippen molar-refractivity contribution in [2.24, 2.45) is 0 Å². The number of carbonyl (C=O) groups is 2. The van der Waals surface area contributed by atoms with Gasteiger partial charge < -0.3 is 19.5 Å². The number of esters is 1. The molecule has 158 valence electrons. The Bertz CT molecular complexity index is 939. The summed E-state index contributed by atoms with van der Waals surface area (Å²) in [5.74, 6) is -0.406. The lowest BCUT2D eigenvalue weighted by molar-refractivity contribution is -0.384. The molecule has 0 aliphatic heterocycles. The molecule has 0 aliphatic rings. The molecule has 0 aliphatic carbocycles. The fourth-order valence-electron chi connectivity index (χ4n) is 2.41. The van der Waals surface area contributed by atoms with Gasteiger partial charge >= 0.3 is 5.97 Å². The zero-order valence-electron chi connectivity index (χ0n) is 16.8. The van der Waals surface area contributed by atoms with Gasteiger partial charge in [0.25, 0.3) is 11.6 Å². The van der Waals surface area contributed by atoms with Gasteiger partial charge in [0.15, 0.2) is 6.10 Å². The van der Waals surface area contributed by atoms with Crippen LogP contribution in [0.1, 0.15) is 19.4 Å². The second-order valence-electron chi connectivity index (χ2n) is 6.05. The SMILES string of the molecule is CCOc1ccc(/C=C/C(=O)O[C@@H](C)C(=O)Nc2cc([N+](=O)[O-])ccc2OC)cc1. The molecule has 0 saturated heterocycles. The summed E-state index contributed by atoms with van der Waals surface area (Å²) < 4.78 is 15.5. The number of carbonyl (C=O) groups excluding carboxylic acids is 2. The lowest BCUT2D eigenvalue weighted by Gasteiger charge is -2.14. The molecule has 2 rings (SSSR count). The summed E-state index contributed by atoms with van der Waals surface area (Å²) in [5.41, 5.74) is 0.646. The predicted octanol–water partition coefficient (Wildman–Crippen LogP) is 3.59. The first kappa shape index (κ1) is 22.4. The first-order chi connectivity index (χ1) is 14.3. The van der Waals surface area contributed by atoms with Gasteiger partial charge in [-0.2, -0.15) is 0 Å². The van der Waals surface area contributed by atoms with E-state index in [9.17, 15) is 19.7 Å². The number of ether oxygens (including phenoxy) is 3. The van der Waals surface area contributed by atoms with Gasteiger partial charge in [-0.05, 0) is 43.7 Å². The summed E-state index contributed by atoms with van der Waals surface area (Å²) in [7, 11) is 1.37. The third-order valence-electron chi connectivity index (χ3n) is 3.92. The maximum atomic E-state index is 12.3. The highest BCUT2D eigenvalue weighted by molar-refractivity contribution is 5.97. The van der Waals surface area contributed by atoms with Crippen LogP contribution in [-0.2, 0) is 14.3 Å². The molecule has 2 aromatic carbocycles. The third kappa shape index (κ3) is 6.33. The number of nitro benzene ring substituents is 1. The van der Waals surface area contributed by atoms with Crippen LogP contribution in [-0.4, -0.2) is 36.6 Å². The van der Waals surface area contributed by atoms with Crippen LogP contribution < -0.4 is 14.8 Å². The molecule has 0 bridgehead atoms. The molecular formula is C21H22N2O7. The van der Waals surface area contributed by atoms with Gasteiger partial charge in [0, 0.05) is 18.2 Å². The molecule has 0 radical (unpaired) electrons. The number of non-ortho nitro benzene ring substituents is 1. The zero-order valence-corrected chi connectivity index (χ0v) is 16.8. The summed E-state index contributed by atoms with van der Waals surface area (Å²) in [5, 5.41) is 13.4. The molecule has 0 fully saturated rings. The average Bonchev–Trinajstić information content (AvgIpc) is 2.73. The molecule has 30 heavy (non-hydrogen) atoms. The van der Waals surface area contributed by atoms with Crippen LogP contribution in [0.25, 0.3) is 6.08 Å². The fourth-order valence-corrected chi connectivity index (χ4v) is 2.41. The fraction of sp³-hybridized carbons (Fsp3) is 0.238. The van der Waals surface area contributed by atoms with Crippen LogP contribution in [0.3, 0.4) is 0 Å². The first-order valence-electron chi connectivity index (χ1n) is 9.09. The highest BCUT2D eigenvalue weighted by Gasteiger charge is 2.20. The van der Waals surface area contributed by atoms with Gasteiger partial charge in [-0.1, -0.05) is 12.1 Å². The van der Waals surface area contributed by atoms with Gasteiger partial charge in [0.2, 0.25) is 0 Å². The van der Waals surface area contributed by atoms with Crippen molar-refractivity contribution < 1.29 is 28.7 Å². The number of rotatable bonds is 9. The van der Waals surface area contributed by atoms with E-state index in [1.807, 2.05) is 6.92 Å². The molecule has 0 heterocycles. The Hall–Kier alpha value is -3.88. The number of nitrogens with one attached hydrogen (secondary N) is 1. The van der Waals surface area contributed by atoms with E-state index in [-0.39, 0.29) is 17.1 Å². The Morgan fingerprint density at radius 3 is 2.50 bits per heavy atom. The molecule has 1 atom stereocenters. The zero-order chi connectivity index (χ0) is 22.1. The standard InChI is InChI=1S/C21H22N2O7/c1-4-29-17-9-5-15(6-10-17)7-12-20(24)30-14(2)21(25)22-18-13-16(23(26)27)8-11-19(18)28-3/h5-14H,4H2,1-3H3,(H,22,25)/b12-7+/t14-/m0/s1. The van der Waals surface area contributed by atoms with Crippen molar-refractivity contribution in [3.05, 3.63) is 64.2 Å². The smallest absolute Gasteiger partial charge is 0.331 e. The molecule has 1 amide bonds. The monoisotopic (exact) mass is 414 g/mol. The van der Waals surface area contributed by atoms with Crippen molar-refractivity contribution >= 4 is 29.3 Å². The van der Waals surface area contributed by atoms with Crippen LogP contribution >= 0.6 is 0 Å². The molecule has 0 spiro atoms. The number of anilines is 1. The topological polar surface area (TPSA) is 117 Å². The normalized spacial score (nSPS) is 11.6. The molecule has 0 saturated carbocycles. The summed E-state index contributed by atoms with van der Waals surface area (Å²) in [6, 6.07) is 10.9. The van der Waals surface area contributed by atoms with E-state index >= 15 is 0 Å². The number of amides is 1. The average molecular weight is 414 g/mol. The summed E-state index contributed by atoms with van der Waals surface area (Å²) >= 11 is 0. The van der Waals surface area contributed by atoms with E-state index in [1.54, 1.807) is 30.3 Å². The summed E-state index contributed by atoms with van der Waals surface area (Å²) in [6.45, 7) is 3.84. The lowest BCUT2D eigenvalue weighted by Crippen LogP contribution is -2.29. The van der Waals surface area contributed by atoms with Crippen LogP contribution in [0.5, 0.6) is 11.5 Å². The van der Waals surface area contributed by atoms with Crippen molar-refractivity contribution in [1.29, 1.82) is 0 Å². The highest BCUT2D eigenvalue weighted by atomic mass is 16.6. The minimum absolute atomic E-state index is 0.101. The summed E-state index contributed by atoms with van der Waals surface area (Å²) in [6.07, 6.45) is 1.62. The van der Waals surface area contributed by atoms with Crippen molar-refractivity contribution in [3.8, 4) is 11.5 Å². The minimum Gasteiger partial charge on any atom is -0.495 e. The molecule has 0 aromatic heterocycles. The van der Waals surface area contributed by atoms with E-state index in [1.165, 1.54) is 32.2 Å². The van der Waals surface area contributed by atoms with E-state index < -0.39 is 22.9 Å². The van der Waals surface area contributed by atoms with Crippen LogP contribution in [0.2, 0.25) is 0 Å². The molecule has 0 unspecified atom stereocenters. The molecule has 2 aromatic rings. The van der Waals surface area contributed by atoms with Gasteiger partial charge in [0.05, 0.1) is 24.3 Å². The third-order valence-corrected chi connectivity index (χ3v) is 3.92. The Labute approximate surface area is 173 Å². The predicted molar refractivity (Wildman–Crippen MR) is 110 cm³/mol. The Kier molecular flexibility index (Phi) is 7.92. The number of benzene rings is 2. The van der Waals surface area contributed by atoms with Crippen molar-refractivity contribution in [3.63, 3.8) is 0 Å². The highest BCUT2D eigenvalue weighted by Crippen LogP contribution is 2.29. The van der Waals surface area contributed by atoms with E-state index in [0.717, 1.165) is 17.4 Å². The first-order valence-corrected chi connectivity index (χ1v) is 9.09. The quantitative estimate of drug-likeness (QED) is 0.288. The molecular weight excluding hydrogens is 392 g/mol. The van der Waals surface area contributed by atoms with E-state index in [0.29, 0.717) is 6.61 Å². The van der Waals surface area contributed by atoms with Crippen LogP contribution in [0.4, 0.5) is 11.4 Å². The van der Waals surface area contributed by atoms with Crippen LogP contribution in [0, 0.1) is 10.1 Å². The maximum Gasteiger partial charge on any atom is 0.331 e. The Morgan fingerprint density at radius 2 is 1.90 bits per heavy atom. The number of hydrogen-bond acceptors (Lipinski definition) is 7. The molecule has 1 N–H and O–H groups in total. The lowest BCUT2D eigenvalue weighted by atomic mass is 10.2. The Morgan fingerprint density at radius 1 is 1.20 bits per heavy atom. The largest absolute Gasteiger partial charge is 0.495 e. The Balaban J connectivity index is 1.97. The van der Waals surface area contributed by atoms with Crippen molar-refractivity contribution in [1.82, 2.24) is 0 Å². The van der Waals surface area contributed by atoms with Gasteiger partial charge in [-0.25, -0.2) is 4.79 Å². The van der Waals surface area contributed by atoms with Gasteiger partial charge in [-0.3, -0.25) is 14.9 Å². The second kappa shape index (κ2) is 10.6. The van der Waals surface area contributed by atoms with Gasteiger partial charge in [-0.15, -0.1) is 0 Å².